The normalized spacial score (nSPS) is 19.1. The summed E-state index contributed by atoms with van der Waals surface area (Å²) in [4.78, 5) is 13.3. The van der Waals surface area contributed by atoms with Crippen LogP contribution in [-0.4, -0.2) is 23.8 Å². The number of ketones is 1. The van der Waals surface area contributed by atoms with Crippen molar-refractivity contribution in [2.45, 2.75) is 19.8 Å². The Morgan fingerprint density at radius 2 is 2.00 bits per heavy atom. The van der Waals surface area contributed by atoms with E-state index < -0.39 is 0 Å². The molecule has 14 heavy (non-hydrogen) atoms. The van der Waals surface area contributed by atoms with Crippen LogP contribution in [0.5, 0.6) is 0 Å². The van der Waals surface area contributed by atoms with E-state index in [9.17, 15) is 4.79 Å². The summed E-state index contributed by atoms with van der Waals surface area (Å²) in [5, 5.41) is 0. The predicted molar refractivity (Wildman–Crippen MR) is 58.9 cm³/mol. The first-order valence-corrected chi connectivity index (χ1v) is 4.96. The van der Waals surface area contributed by atoms with Gasteiger partial charge in [0.05, 0.1) is 0 Å². The van der Waals surface area contributed by atoms with Gasteiger partial charge in [-0.3, -0.25) is 4.79 Å². The van der Waals surface area contributed by atoms with E-state index in [1.165, 1.54) is 5.70 Å². The third-order valence-corrected chi connectivity index (χ3v) is 2.40. The Morgan fingerprint density at radius 3 is 2.57 bits per heavy atom. The molecule has 2 nitrogen and oxygen atoms in total. The molecule has 1 aliphatic heterocycles. The average Bonchev–Trinajstić information content (AvgIpc) is 2.19. The Morgan fingerprint density at radius 1 is 1.36 bits per heavy atom. The first kappa shape index (κ1) is 10.8. The molecule has 0 aromatic carbocycles. The van der Waals surface area contributed by atoms with Gasteiger partial charge in [-0.1, -0.05) is 24.8 Å². The van der Waals surface area contributed by atoms with Crippen molar-refractivity contribution in [3.05, 3.63) is 36.6 Å². The smallest absolute Gasteiger partial charge is 0.136 e. The quantitative estimate of drug-likeness (QED) is 0.638. The average molecular weight is 191 g/mol. The van der Waals surface area contributed by atoms with Crippen molar-refractivity contribution in [2.24, 2.45) is 0 Å². The first-order chi connectivity index (χ1) is 6.74. The summed E-state index contributed by atoms with van der Waals surface area (Å²) >= 11 is 0. The zero-order valence-electron chi connectivity index (χ0n) is 8.70. The molecule has 1 heterocycles. The van der Waals surface area contributed by atoms with Crippen LogP contribution in [0.4, 0.5) is 0 Å². The van der Waals surface area contributed by atoms with Crippen molar-refractivity contribution < 1.29 is 4.79 Å². The third-order valence-electron chi connectivity index (χ3n) is 2.40. The van der Waals surface area contributed by atoms with Crippen molar-refractivity contribution in [1.82, 2.24) is 4.90 Å². The minimum Gasteiger partial charge on any atom is -0.374 e. The molecule has 2 heteroatoms. The maximum atomic E-state index is 11.0. The fourth-order valence-corrected chi connectivity index (χ4v) is 1.49. The van der Waals surface area contributed by atoms with Crippen molar-refractivity contribution in [3.63, 3.8) is 0 Å². The molecule has 0 saturated carbocycles. The molecule has 76 valence electrons. The molecular formula is C12H17NO. The highest BCUT2D eigenvalue weighted by Gasteiger charge is 2.15. The number of rotatable bonds is 3. The second-order valence-electron chi connectivity index (χ2n) is 3.45. The van der Waals surface area contributed by atoms with Crippen LogP contribution in [0.2, 0.25) is 0 Å². The van der Waals surface area contributed by atoms with Gasteiger partial charge in [-0.05, 0) is 13.0 Å². The Balaban J connectivity index is 2.48. The zero-order valence-corrected chi connectivity index (χ0v) is 8.70. The Hall–Kier alpha value is -1.31. The summed E-state index contributed by atoms with van der Waals surface area (Å²) < 4.78 is 0. The SMILES string of the molecule is C=C/C=C\C=C(/C)N1CCC(=O)CC1. The van der Waals surface area contributed by atoms with Gasteiger partial charge in [0.25, 0.3) is 0 Å². The van der Waals surface area contributed by atoms with Crippen molar-refractivity contribution >= 4 is 5.78 Å². The standard InChI is InChI=1S/C12H17NO/c1-3-4-5-6-11(2)13-9-7-12(14)8-10-13/h3-6H,1,7-10H2,2H3/b5-4-,11-6+. The monoisotopic (exact) mass is 191 g/mol. The summed E-state index contributed by atoms with van der Waals surface area (Å²) in [6.45, 7) is 7.41. The lowest BCUT2D eigenvalue weighted by atomic mass is 10.1. The maximum Gasteiger partial charge on any atom is 0.136 e. The van der Waals surface area contributed by atoms with E-state index in [0.29, 0.717) is 18.6 Å². The number of likely N-dealkylation sites (tertiary alicyclic amines) is 1. The molecule has 1 aliphatic rings. The summed E-state index contributed by atoms with van der Waals surface area (Å²) in [6.07, 6.45) is 9.06. The highest BCUT2D eigenvalue weighted by atomic mass is 16.1. The zero-order chi connectivity index (χ0) is 10.4. The molecule has 0 bridgehead atoms. The second-order valence-corrected chi connectivity index (χ2v) is 3.45. The van der Waals surface area contributed by atoms with Crippen molar-refractivity contribution in [3.8, 4) is 0 Å². The van der Waals surface area contributed by atoms with Crippen LogP contribution in [0.1, 0.15) is 19.8 Å². The fourth-order valence-electron chi connectivity index (χ4n) is 1.49. The molecule has 0 aromatic heterocycles. The number of Topliss-reactive ketones (excluding diaryl/α,β-unsaturated/α-hetero) is 1. The molecule has 0 N–H and O–H groups in total. The van der Waals surface area contributed by atoms with Gasteiger partial charge in [0.2, 0.25) is 0 Å². The maximum absolute atomic E-state index is 11.0. The lowest BCUT2D eigenvalue weighted by Gasteiger charge is -2.28. The highest BCUT2D eigenvalue weighted by molar-refractivity contribution is 5.79. The van der Waals surface area contributed by atoms with Crippen LogP contribution in [-0.2, 0) is 4.79 Å². The van der Waals surface area contributed by atoms with Gasteiger partial charge in [-0.25, -0.2) is 0 Å². The largest absolute Gasteiger partial charge is 0.374 e. The Bertz CT molecular complexity index is 266. The summed E-state index contributed by atoms with van der Waals surface area (Å²) in [7, 11) is 0. The second kappa shape index (κ2) is 5.43. The van der Waals surface area contributed by atoms with Gasteiger partial charge in [-0.2, -0.15) is 0 Å². The van der Waals surface area contributed by atoms with Crippen LogP contribution in [0.3, 0.4) is 0 Å². The predicted octanol–water partition coefficient (Wildman–Crippen LogP) is 2.30. The van der Waals surface area contributed by atoms with Gasteiger partial charge in [0.15, 0.2) is 0 Å². The lowest BCUT2D eigenvalue weighted by molar-refractivity contribution is -0.121. The third kappa shape index (κ3) is 3.21. The molecule has 0 radical (unpaired) electrons. The number of piperidine rings is 1. The number of nitrogens with zero attached hydrogens (tertiary/aromatic N) is 1. The molecule has 0 atom stereocenters. The molecule has 1 fully saturated rings. The molecule has 0 spiro atoms. The molecule has 1 rings (SSSR count). The minimum atomic E-state index is 0.385. The van der Waals surface area contributed by atoms with E-state index >= 15 is 0 Å². The molecule has 0 amide bonds. The van der Waals surface area contributed by atoms with Crippen LogP contribution in [0.15, 0.2) is 36.6 Å². The lowest BCUT2D eigenvalue weighted by Crippen LogP contribution is -2.32. The Kier molecular flexibility index (Phi) is 4.17. The van der Waals surface area contributed by atoms with Crippen LogP contribution < -0.4 is 0 Å². The van der Waals surface area contributed by atoms with Crippen molar-refractivity contribution in [2.75, 3.05) is 13.1 Å². The summed E-state index contributed by atoms with van der Waals surface area (Å²) in [5.41, 5.74) is 1.22. The van der Waals surface area contributed by atoms with Gasteiger partial charge >= 0.3 is 0 Å². The van der Waals surface area contributed by atoms with Gasteiger partial charge in [-0.15, -0.1) is 0 Å². The van der Waals surface area contributed by atoms with Crippen molar-refractivity contribution in [1.29, 1.82) is 0 Å². The van der Waals surface area contributed by atoms with Gasteiger partial charge in [0.1, 0.15) is 5.78 Å². The van der Waals surface area contributed by atoms with Gasteiger partial charge in [0, 0.05) is 31.6 Å². The molecule has 0 unspecified atom stereocenters. The molecule has 1 saturated heterocycles. The fraction of sp³-hybridized carbons (Fsp3) is 0.417. The van der Waals surface area contributed by atoms with E-state index in [1.807, 2.05) is 12.2 Å². The van der Waals surface area contributed by atoms with E-state index in [1.54, 1.807) is 6.08 Å². The molecule has 0 aliphatic carbocycles. The minimum absolute atomic E-state index is 0.385. The topological polar surface area (TPSA) is 20.3 Å². The van der Waals surface area contributed by atoms with Crippen LogP contribution in [0, 0.1) is 0 Å². The van der Waals surface area contributed by atoms with E-state index in [0.717, 1.165) is 13.1 Å². The highest BCUT2D eigenvalue weighted by Crippen LogP contribution is 2.11. The van der Waals surface area contributed by atoms with E-state index in [4.69, 9.17) is 0 Å². The number of hydrogen-bond donors (Lipinski definition) is 0. The number of allylic oxidation sites excluding steroid dienone is 5. The molecular weight excluding hydrogens is 174 g/mol. The summed E-state index contributed by atoms with van der Waals surface area (Å²) in [5.74, 6) is 0.385. The number of carbonyl (C=O) groups is 1. The number of hydrogen-bond acceptors (Lipinski definition) is 2. The van der Waals surface area contributed by atoms with Crippen LogP contribution >= 0.6 is 0 Å². The van der Waals surface area contributed by atoms with E-state index in [-0.39, 0.29) is 0 Å². The number of carbonyl (C=O) groups excluding carboxylic acids is 1. The van der Waals surface area contributed by atoms with E-state index in [2.05, 4.69) is 24.5 Å². The first-order valence-electron chi connectivity index (χ1n) is 4.96. The molecule has 0 aromatic rings. The Labute approximate surface area is 85.6 Å². The van der Waals surface area contributed by atoms with Gasteiger partial charge < -0.3 is 4.90 Å². The van der Waals surface area contributed by atoms with Crippen LogP contribution in [0.25, 0.3) is 0 Å². The summed E-state index contributed by atoms with van der Waals surface area (Å²) in [6, 6.07) is 0.